The summed E-state index contributed by atoms with van der Waals surface area (Å²) < 4.78 is 24.4. The van der Waals surface area contributed by atoms with Crippen LogP contribution in [-0.2, 0) is 9.84 Å². The van der Waals surface area contributed by atoms with E-state index in [1.807, 2.05) is 0 Å². The van der Waals surface area contributed by atoms with Crippen molar-refractivity contribution < 1.29 is 8.42 Å². The molecule has 1 heterocycles. The van der Waals surface area contributed by atoms with E-state index in [4.69, 9.17) is 5.73 Å². The third-order valence-corrected chi connectivity index (χ3v) is 7.66. The van der Waals surface area contributed by atoms with Crippen LogP contribution in [0.2, 0.25) is 0 Å². The fourth-order valence-electron chi connectivity index (χ4n) is 3.18. The number of nitrogens with two attached hydrogens (primary N) is 1. The van der Waals surface area contributed by atoms with Crippen molar-refractivity contribution in [3.8, 4) is 0 Å². The number of nitrogens with zero attached hydrogens (tertiary/aromatic N) is 1. The lowest BCUT2D eigenvalue weighted by molar-refractivity contribution is 0.189. The van der Waals surface area contributed by atoms with Gasteiger partial charge in [0, 0.05) is 36.4 Å². The molecule has 4 nitrogen and oxygen atoms in total. The Kier molecular flexibility index (Phi) is 5.57. The van der Waals surface area contributed by atoms with Crippen LogP contribution in [0, 0.1) is 5.92 Å². The maximum atomic E-state index is 12.2. The molecule has 0 aromatic carbocycles. The van der Waals surface area contributed by atoms with Crippen LogP contribution in [0.25, 0.3) is 0 Å². The molecule has 2 fully saturated rings. The van der Waals surface area contributed by atoms with Gasteiger partial charge in [0.25, 0.3) is 0 Å². The SMILES string of the molecule is CCS(=O)(=O)C1CSCCN1CC1CCCC(N)C1. The summed E-state index contributed by atoms with van der Waals surface area (Å²) in [6, 6.07) is 0.319. The quantitative estimate of drug-likeness (QED) is 0.848. The van der Waals surface area contributed by atoms with Gasteiger partial charge in [0.15, 0.2) is 9.84 Å². The summed E-state index contributed by atoms with van der Waals surface area (Å²) in [5.41, 5.74) is 6.04. The summed E-state index contributed by atoms with van der Waals surface area (Å²) in [5, 5.41) is -0.269. The van der Waals surface area contributed by atoms with Gasteiger partial charge < -0.3 is 5.73 Å². The van der Waals surface area contributed by atoms with Crippen molar-refractivity contribution >= 4 is 21.6 Å². The highest BCUT2D eigenvalue weighted by Crippen LogP contribution is 2.28. The lowest BCUT2D eigenvalue weighted by atomic mass is 9.86. The first-order valence-electron chi connectivity index (χ1n) is 7.32. The molecular weight excluding hydrogens is 280 g/mol. The van der Waals surface area contributed by atoms with Crippen LogP contribution >= 0.6 is 11.8 Å². The lowest BCUT2D eigenvalue weighted by Crippen LogP contribution is -2.50. The molecule has 2 rings (SSSR count). The fraction of sp³-hybridized carbons (Fsp3) is 1.00. The van der Waals surface area contributed by atoms with Crippen LogP contribution in [0.3, 0.4) is 0 Å². The summed E-state index contributed by atoms with van der Waals surface area (Å²) in [4.78, 5) is 2.21. The molecule has 1 saturated carbocycles. The van der Waals surface area contributed by atoms with Gasteiger partial charge in [0.2, 0.25) is 0 Å². The van der Waals surface area contributed by atoms with Crippen molar-refractivity contribution in [2.45, 2.75) is 44.0 Å². The van der Waals surface area contributed by atoms with Crippen molar-refractivity contribution in [2.24, 2.45) is 11.7 Å². The van der Waals surface area contributed by atoms with Gasteiger partial charge in [-0.3, -0.25) is 4.90 Å². The number of thioether (sulfide) groups is 1. The van der Waals surface area contributed by atoms with Crippen LogP contribution < -0.4 is 5.73 Å². The number of hydrogen-bond donors (Lipinski definition) is 1. The third kappa shape index (κ3) is 4.09. The lowest BCUT2D eigenvalue weighted by Gasteiger charge is -2.38. The van der Waals surface area contributed by atoms with Crippen molar-refractivity contribution in [1.82, 2.24) is 4.90 Å². The molecule has 0 aromatic heterocycles. The first kappa shape index (κ1) is 15.6. The molecular formula is C13H26N2O2S2. The first-order valence-corrected chi connectivity index (χ1v) is 10.2. The van der Waals surface area contributed by atoms with E-state index in [1.165, 1.54) is 12.8 Å². The molecule has 0 aromatic rings. The summed E-state index contributed by atoms with van der Waals surface area (Å²) in [7, 11) is -2.96. The van der Waals surface area contributed by atoms with E-state index in [9.17, 15) is 8.42 Å². The molecule has 1 aliphatic heterocycles. The maximum absolute atomic E-state index is 12.2. The van der Waals surface area contributed by atoms with Crippen molar-refractivity contribution in [1.29, 1.82) is 0 Å². The van der Waals surface area contributed by atoms with Gasteiger partial charge in [-0.15, -0.1) is 0 Å². The summed E-state index contributed by atoms with van der Waals surface area (Å²) in [6.07, 6.45) is 4.58. The van der Waals surface area contributed by atoms with E-state index >= 15 is 0 Å². The van der Waals surface area contributed by atoms with Crippen molar-refractivity contribution in [2.75, 3.05) is 30.3 Å². The largest absolute Gasteiger partial charge is 0.328 e. The highest BCUT2D eigenvalue weighted by atomic mass is 32.2. The summed E-state index contributed by atoms with van der Waals surface area (Å²) >= 11 is 1.77. The Morgan fingerprint density at radius 3 is 2.84 bits per heavy atom. The Labute approximate surface area is 121 Å². The average molecular weight is 306 g/mol. The predicted octanol–water partition coefficient (Wildman–Crippen LogP) is 1.31. The van der Waals surface area contributed by atoms with E-state index in [2.05, 4.69) is 4.90 Å². The molecule has 0 bridgehead atoms. The van der Waals surface area contributed by atoms with E-state index < -0.39 is 9.84 Å². The zero-order valence-corrected chi connectivity index (χ0v) is 13.4. The second-order valence-electron chi connectivity index (χ2n) is 5.77. The van der Waals surface area contributed by atoms with Gasteiger partial charge in [-0.2, -0.15) is 11.8 Å². The highest BCUT2D eigenvalue weighted by Gasteiger charge is 2.34. The molecule has 2 aliphatic rings. The van der Waals surface area contributed by atoms with Gasteiger partial charge in [0.1, 0.15) is 5.37 Å². The summed E-state index contributed by atoms with van der Waals surface area (Å²) in [5.74, 6) is 2.61. The second-order valence-corrected chi connectivity index (χ2v) is 9.37. The van der Waals surface area contributed by atoms with Gasteiger partial charge in [-0.25, -0.2) is 8.42 Å². The Morgan fingerprint density at radius 2 is 2.16 bits per heavy atom. The topological polar surface area (TPSA) is 63.4 Å². The van der Waals surface area contributed by atoms with Gasteiger partial charge in [0.05, 0.1) is 0 Å². The molecule has 1 saturated heterocycles. The van der Waals surface area contributed by atoms with E-state index in [0.29, 0.717) is 12.0 Å². The van der Waals surface area contributed by atoms with E-state index in [-0.39, 0.29) is 11.1 Å². The Balaban J connectivity index is 1.99. The fourth-order valence-corrected chi connectivity index (χ4v) is 6.27. The molecule has 0 radical (unpaired) electrons. The van der Waals surface area contributed by atoms with Crippen LogP contribution in [0.1, 0.15) is 32.6 Å². The van der Waals surface area contributed by atoms with E-state index in [0.717, 1.165) is 37.4 Å². The van der Waals surface area contributed by atoms with E-state index in [1.54, 1.807) is 18.7 Å². The van der Waals surface area contributed by atoms with Crippen LogP contribution in [0.5, 0.6) is 0 Å². The van der Waals surface area contributed by atoms with Crippen LogP contribution in [-0.4, -0.2) is 55.1 Å². The Morgan fingerprint density at radius 1 is 1.37 bits per heavy atom. The molecule has 19 heavy (non-hydrogen) atoms. The number of sulfone groups is 1. The minimum absolute atomic E-state index is 0.249. The molecule has 1 aliphatic carbocycles. The standard InChI is InChI=1S/C13H26N2O2S2/c1-2-19(16,17)13-10-18-7-6-15(13)9-11-4-3-5-12(14)8-11/h11-13H,2-10,14H2,1H3. The van der Waals surface area contributed by atoms with Crippen molar-refractivity contribution in [3.05, 3.63) is 0 Å². The summed E-state index contributed by atoms with van der Waals surface area (Å²) in [6.45, 7) is 3.57. The Bertz CT molecular complexity index is 386. The molecule has 3 atom stereocenters. The Hall–Kier alpha value is 0.220. The van der Waals surface area contributed by atoms with Gasteiger partial charge in [-0.05, 0) is 25.2 Å². The monoisotopic (exact) mass is 306 g/mol. The molecule has 6 heteroatoms. The molecule has 2 N–H and O–H groups in total. The zero-order chi connectivity index (χ0) is 13.9. The second kappa shape index (κ2) is 6.78. The molecule has 0 amide bonds. The third-order valence-electron chi connectivity index (χ3n) is 4.32. The highest BCUT2D eigenvalue weighted by molar-refractivity contribution is 8.01. The smallest absolute Gasteiger partial charge is 0.166 e. The average Bonchev–Trinajstić information content (AvgIpc) is 2.39. The zero-order valence-electron chi connectivity index (χ0n) is 11.8. The maximum Gasteiger partial charge on any atom is 0.166 e. The minimum atomic E-state index is -2.96. The molecule has 3 unspecified atom stereocenters. The van der Waals surface area contributed by atoms with Crippen LogP contribution in [0.15, 0.2) is 0 Å². The number of rotatable bonds is 4. The predicted molar refractivity (Wildman–Crippen MR) is 82.1 cm³/mol. The number of hydrogen-bond acceptors (Lipinski definition) is 5. The van der Waals surface area contributed by atoms with Gasteiger partial charge >= 0.3 is 0 Å². The minimum Gasteiger partial charge on any atom is -0.328 e. The normalized spacial score (nSPS) is 34.3. The first-order chi connectivity index (χ1) is 9.03. The van der Waals surface area contributed by atoms with Gasteiger partial charge in [-0.1, -0.05) is 13.3 Å². The molecule has 0 spiro atoms. The van der Waals surface area contributed by atoms with Crippen LogP contribution in [0.4, 0.5) is 0 Å². The molecule has 112 valence electrons. The van der Waals surface area contributed by atoms with Crippen molar-refractivity contribution in [3.63, 3.8) is 0 Å².